The van der Waals surface area contributed by atoms with Gasteiger partial charge < -0.3 is 19.9 Å². The van der Waals surface area contributed by atoms with Crippen LogP contribution in [0.2, 0.25) is 0 Å². The van der Waals surface area contributed by atoms with Crippen LogP contribution in [-0.4, -0.2) is 50.4 Å². The average molecular weight is 307 g/mol. The summed E-state index contributed by atoms with van der Waals surface area (Å²) in [6, 6.07) is 8.63. The van der Waals surface area contributed by atoms with Crippen molar-refractivity contribution in [3.8, 4) is 0 Å². The number of para-hydroxylation sites is 1. The van der Waals surface area contributed by atoms with Gasteiger partial charge in [0.2, 0.25) is 0 Å². The zero-order valence-corrected chi connectivity index (χ0v) is 13.8. The minimum absolute atomic E-state index is 0.665. The Balaban J connectivity index is 1.96. The van der Waals surface area contributed by atoms with Crippen molar-refractivity contribution in [1.82, 2.24) is 10.2 Å². The van der Waals surface area contributed by atoms with Gasteiger partial charge in [0, 0.05) is 46.0 Å². The maximum Gasteiger partial charge on any atom is 0.169 e. The molecule has 0 atom stereocenters. The highest BCUT2D eigenvalue weighted by atomic mass is 32.1. The van der Waals surface area contributed by atoms with Crippen LogP contribution in [0.15, 0.2) is 24.3 Å². The quantitative estimate of drug-likeness (QED) is 0.643. The first kappa shape index (κ1) is 16.0. The molecule has 1 aliphatic rings. The van der Waals surface area contributed by atoms with Crippen molar-refractivity contribution < 1.29 is 4.74 Å². The maximum atomic E-state index is 5.41. The third-order valence-corrected chi connectivity index (χ3v) is 4.23. The number of rotatable bonds is 6. The lowest BCUT2D eigenvalue weighted by Gasteiger charge is -2.26. The van der Waals surface area contributed by atoms with Gasteiger partial charge in [-0.15, -0.1) is 0 Å². The predicted octanol–water partition coefficient (Wildman–Crippen LogP) is 2.24. The van der Waals surface area contributed by atoms with Gasteiger partial charge in [0.1, 0.15) is 0 Å². The topological polar surface area (TPSA) is 27.7 Å². The first-order valence-electron chi connectivity index (χ1n) is 7.53. The molecule has 0 aliphatic carbocycles. The molecule has 1 N–H and O–H groups in total. The van der Waals surface area contributed by atoms with Gasteiger partial charge in [-0.1, -0.05) is 18.2 Å². The summed E-state index contributed by atoms with van der Waals surface area (Å²) in [6.45, 7) is 4.56. The number of hydrogen-bond donors (Lipinski definition) is 1. The highest BCUT2D eigenvalue weighted by Gasteiger charge is 2.16. The molecule has 1 heterocycles. The highest BCUT2D eigenvalue weighted by Crippen LogP contribution is 2.25. The summed E-state index contributed by atoms with van der Waals surface area (Å²) in [4.78, 5) is 4.56. The zero-order chi connectivity index (χ0) is 15.1. The van der Waals surface area contributed by atoms with Gasteiger partial charge in [0.05, 0.1) is 6.61 Å². The summed E-state index contributed by atoms with van der Waals surface area (Å²) in [6.07, 6.45) is 2.59. The van der Waals surface area contributed by atoms with Gasteiger partial charge in [-0.2, -0.15) is 0 Å². The number of benzene rings is 1. The lowest BCUT2D eigenvalue weighted by atomic mass is 10.1. The van der Waals surface area contributed by atoms with Crippen LogP contribution in [0.3, 0.4) is 0 Å². The van der Waals surface area contributed by atoms with Crippen LogP contribution in [0.1, 0.15) is 18.4 Å². The summed E-state index contributed by atoms with van der Waals surface area (Å²) in [5.41, 5.74) is 2.68. The molecule has 1 aliphatic heterocycles. The van der Waals surface area contributed by atoms with Crippen molar-refractivity contribution in [3.63, 3.8) is 0 Å². The van der Waals surface area contributed by atoms with E-state index in [-0.39, 0.29) is 0 Å². The Morgan fingerprint density at radius 3 is 2.76 bits per heavy atom. The number of anilines is 1. The van der Waals surface area contributed by atoms with Crippen LogP contribution < -0.4 is 10.2 Å². The summed E-state index contributed by atoms with van der Waals surface area (Å²) < 4.78 is 5.03. The third kappa shape index (κ3) is 4.58. The molecule has 4 nitrogen and oxygen atoms in total. The Morgan fingerprint density at radius 1 is 1.33 bits per heavy atom. The van der Waals surface area contributed by atoms with E-state index in [1.807, 2.05) is 7.05 Å². The molecule has 1 saturated heterocycles. The molecule has 1 aromatic rings. The first-order chi connectivity index (χ1) is 10.2. The zero-order valence-electron chi connectivity index (χ0n) is 13.0. The Kier molecular flexibility index (Phi) is 6.26. The minimum Gasteiger partial charge on any atom is -0.383 e. The Hall–Kier alpha value is -1.33. The van der Waals surface area contributed by atoms with Gasteiger partial charge in [-0.05, 0) is 36.7 Å². The molecule has 5 heteroatoms. The molecule has 0 bridgehead atoms. The van der Waals surface area contributed by atoms with E-state index in [4.69, 9.17) is 17.0 Å². The predicted molar refractivity (Wildman–Crippen MR) is 91.8 cm³/mol. The van der Waals surface area contributed by atoms with Crippen LogP contribution in [0.5, 0.6) is 0 Å². The van der Waals surface area contributed by atoms with Crippen LogP contribution in [0.4, 0.5) is 5.69 Å². The Morgan fingerprint density at radius 2 is 2.05 bits per heavy atom. The summed E-state index contributed by atoms with van der Waals surface area (Å²) in [5.74, 6) is 0. The number of nitrogens with one attached hydrogen (secondary N) is 1. The average Bonchev–Trinajstić information content (AvgIpc) is 3.02. The van der Waals surface area contributed by atoms with Crippen molar-refractivity contribution in [2.75, 3.05) is 45.3 Å². The van der Waals surface area contributed by atoms with Crippen molar-refractivity contribution in [2.24, 2.45) is 0 Å². The molecule has 0 amide bonds. The van der Waals surface area contributed by atoms with E-state index in [1.165, 1.54) is 24.1 Å². The van der Waals surface area contributed by atoms with Crippen LogP contribution in [-0.2, 0) is 11.3 Å². The van der Waals surface area contributed by atoms with Crippen LogP contribution in [0, 0.1) is 0 Å². The number of ether oxygens (including phenoxy) is 1. The normalized spacial score (nSPS) is 14.3. The minimum atomic E-state index is 0.665. The molecule has 21 heavy (non-hydrogen) atoms. The fourth-order valence-electron chi connectivity index (χ4n) is 2.63. The summed E-state index contributed by atoms with van der Waals surface area (Å²) >= 11 is 5.41. The van der Waals surface area contributed by atoms with Crippen LogP contribution in [0.25, 0.3) is 0 Å². The van der Waals surface area contributed by atoms with Crippen molar-refractivity contribution in [3.05, 3.63) is 29.8 Å². The van der Waals surface area contributed by atoms with Crippen molar-refractivity contribution in [1.29, 1.82) is 0 Å². The number of methoxy groups -OCH3 is 1. The maximum absolute atomic E-state index is 5.41. The summed E-state index contributed by atoms with van der Waals surface area (Å²) in [7, 11) is 3.73. The highest BCUT2D eigenvalue weighted by molar-refractivity contribution is 7.80. The molecule has 0 aromatic heterocycles. The Labute approximate surface area is 133 Å². The molecular weight excluding hydrogens is 282 g/mol. The standard InChI is InChI=1S/C16H25N3OS/c1-18(16(21)17-9-12-20-2)13-14-7-3-4-8-15(14)19-10-5-6-11-19/h3-4,7-8H,5-6,9-13H2,1-2H3,(H,17,21). The van der Waals surface area contributed by atoms with Gasteiger partial charge in [0.15, 0.2) is 5.11 Å². The largest absolute Gasteiger partial charge is 0.383 e. The van der Waals surface area contributed by atoms with Gasteiger partial charge in [-0.25, -0.2) is 0 Å². The van der Waals surface area contributed by atoms with E-state index in [2.05, 4.69) is 39.4 Å². The monoisotopic (exact) mass is 307 g/mol. The van der Waals surface area contributed by atoms with Crippen molar-refractivity contribution >= 4 is 23.0 Å². The number of nitrogens with zero attached hydrogens (tertiary/aromatic N) is 2. The number of hydrogen-bond acceptors (Lipinski definition) is 3. The fraction of sp³-hybridized carbons (Fsp3) is 0.562. The molecule has 0 saturated carbocycles. The second-order valence-corrected chi connectivity index (χ2v) is 5.79. The fourth-order valence-corrected chi connectivity index (χ4v) is 2.80. The molecule has 116 valence electrons. The summed E-state index contributed by atoms with van der Waals surface area (Å²) in [5, 5.41) is 3.98. The second kappa shape index (κ2) is 8.20. The molecule has 0 spiro atoms. The van der Waals surface area contributed by atoms with Crippen molar-refractivity contribution in [2.45, 2.75) is 19.4 Å². The van der Waals surface area contributed by atoms with Gasteiger partial charge in [0.25, 0.3) is 0 Å². The smallest absolute Gasteiger partial charge is 0.169 e. The SMILES string of the molecule is COCCNC(=S)N(C)Cc1ccccc1N1CCCC1. The number of thiocarbonyl (C=S) groups is 1. The first-order valence-corrected chi connectivity index (χ1v) is 7.94. The van der Waals surface area contributed by atoms with E-state index >= 15 is 0 Å². The molecule has 2 rings (SSSR count). The van der Waals surface area contributed by atoms with E-state index in [0.717, 1.165) is 31.3 Å². The molecule has 1 fully saturated rings. The Bertz CT molecular complexity index is 461. The van der Waals surface area contributed by atoms with Crippen LogP contribution >= 0.6 is 12.2 Å². The third-order valence-electron chi connectivity index (χ3n) is 3.77. The van der Waals surface area contributed by atoms with Gasteiger partial charge >= 0.3 is 0 Å². The molecule has 1 aromatic carbocycles. The van der Waals surface area contributed by atoms with E-state index in [0.29, 0.717) is 6.61 Å². The molecule has 0 radical (unpaired) electrons. The lowest BCUT2D eigenvalue weighted by Crippen LogP contribution is -2.38. The molecular formula is C16H25N3OS. The van der Waals surface area contributed by atoms with E-state index < -0.39 is 0 Å². The lowest BCUT2D eigenvalue weighted by molar-refractivity contribution is 0.203. The molecule has 0 unspecified atom stereocenters. The van der Waals surface area contributed by atoms with E-state index in [1.54, 1.807) is 7.11 Å². The van der Waals surface area contributed by atoms with Gasteiger partial charge in [-0.3, -0.25) is 0 Å². The second-order valence-electron chi connectivity index (χ2n) is 5.40. The van der Waals surface area contributed by atoms with E-state index in [9.17, 15) is 0 Å².